The molecule has 0 spiro atoms. The van der Waals surface area contributed by atoms with E-state index in [0.29, 0.717) is 28.7 Å². The van der Waals surface area contributed by atoms with Crippen molar-refractivity contribution in [3.05, 3.63) is 94.3 Å². The Bertz CT molecular complexity index is 898. The highest BCUT2D eigenvalue weighted by Crippen LogP contribution is 2.30. The van der Waals surface area contributed by atoms with E-state index in [4.69, 9.17) is 21.1 Å². The fourth-order valence-electron chi connectivity index (χ4n) is 2.98. The molecule has 0 radical (unpaired) electrons. The van der Waals surface area contributed by atoms with Crippen molar-refractivity contribution in [1.29, 1.82) is 0 Å². The van der Waals surface area contributed by atoms with Gasteiger partial charge in [-0.25, -0.2) is 4.39 Å². The Kier molecular flexibility index (Phi) is 7.91. The molecule has 0 saturated heterocycles. The summed E-state index contributed by atoms with van der Waals surface area (Å²) in [5, 5.41) is 3.80. The first-order chi connectivity index (χ1) is 14.2. The average molecular weight is 414 g/mol. The van der Waals surface area contributed by atoms with Gasteiger partial charge in [0.2, 0.25) is 0 Å². The van der Waals surface area contributed by atoms with E-state index >= 15 is 0 Å². The average Bonchev–Trinajstić information content (AvgIpc) is 2.73. The molecule has 3 aromatic carbocycles. The first kappa shape index (κ1) is 21.2. The van der Waals surface area contributed by atoms with Gasteiger partial charge in [-0.1, -0.05) is 54.1 Å². The van der Waals surface area contributed by atoms with Crippen LogP contribution in [-0.4, -0.2) is 13.2 Å². The van der Waals surface area contributed by atoms with Crippen LogP contribution in [0.1, 0.15) is 23.6 Å². The highest BCUT2D eigenvalue weighted by atomic mass is 35.5. The molecule has 0 saturated carbocycles. The Hall–Kier alpha value is -2.56. The fourth-order valence-corrected chi connectivity index (χ4v) is 3.20. The van der Waals surface area contributed by atoms with Crippen molar-refractivity contribution < 1.29 is 13.9 Å². The van der Waals surface area contributed by atoms with Crippen molar-refractivity contribution in [1.82, 2.24) is 5.32 Å². The molecule has 0 amide bonds. The van der Waals surface area contributed by atoms with Gasteiger partial charge in [0.25, 0.3) is 0 Å². The van der Waals surface area contributed by atoms with E-state index in [9.17, 15) is 4.39 Å². The monoisotopic (exact) mass is 413 g/mol. The van der Waals surface area contributed by atoms with E-state index < -0.39 is 0 Å². The maximum Gasteiger partial charge on any atom is 0.161 e. The molecule has 0 aliphatic heterocycles. The molecule has 3 rings (SSSR count). The normalized spacial score (nSPS) is 10.7. The maximum atomic E-state index is 14.0. The van der Waals surface area contributed by atoms with Crippen molar-refractivity contribution >= 4 is 11.6 Å². The van der Waals surface area contributed by atoms with Crippen molar-refractivity contribution in [2.75, 3.05) is 13.2 Å². The lowest BCUT2D eigenvalue weighted by Crippen LogP contribution is -2.16. The smallest absolute Gasteiger partial charge is 0.161 e. The lowest BCUT2D eigenvalue weighted by molar-refractivity contribution is 0.265. The van der Waals surface area contributed by atoms with Crippen molar-refractivity contribution in [2.24, 2.45) is 0 Å². The molecule has 0 unspecified atom stereocenters. The second-order valence-corrected chi connectivity index (χ2v) is 7.02. The first-order valence-electron chi connectivity index (χ1n) is 9.73. The Morgan fingerprint density at radius 3 is 2.48 bits per heavy atom. The molecule has 0 bridgehead atoms. The number of hydrogen-bond acceptors (Lipinski definition) is 3. The largest absolute Gasteiger partial charge is 0.490 e. The molecule has 0 heterocycles. The predicted molar refractivity (Wildman–Crippen MR) is 115 cm³/mol. The van der Waals surface area contributed by atoms with Crippen LogP contribution >= 0.6 is 11.6 Å². The third kappa shape index (κ3) is 6.21. The van der Waals surface area contributed by atoms with Gasteiger partial charge < -0.3 is 14.8 Å². The predicted octanol–water partition coefficient (Wildman–Crippen LogP) is 5.79. The van der Waals surface area contributed by atoms with Gasteiger partial charge in [0, 0.05) is 12.1 Å². The van der Waals surface area contributed by atoms with Crippen LogP contribution in [0.3, 0.4) is 0 Å². The SMILES string of the molecule is CCOc1cc(CNCCc2ccccc2)ccc1OCc1c(F)cccc1Cl. The zero-order chi connectivity index (χ0) is 20.5. The van der Waals surface area contributed by atoms with Crippen molar-refractivity contribution in [2.45, 2.75) is 26.5 Å². The number of nitrogens with one attached hydrogen (secondary N) is 1. The van der Waals surface area contributed by atoms with Crippen LogP contribution in [0.25, 0.3) is 0 Å². The minimum absolute atomic E-state index is 0.0419. The second-order valence-electron chi connectivity index (χ2n) is 6.62. The van der Waals surface area contributed by atoms with Crippen LogP contribution < -0.4 is 14.8 Å². The van der Waals surface area contributed by atoms with Crippen LogP contribution in [0.15, 0.2) is 66.7 Å². The summed E-state index contributed by atoms with van der Waals surface area (Å²) in [5.74, 6) is 0.830. The number of ether oxygens (including phenoxy) is 2. The number of hydrogen-bond donors (Lipinski definition) is 1. The van der Waals surface area contributed by atoms with Gasteiger partial charge in [-0.2, -0.15) is 0 Å². The summed E-state index contributed by atoms with van der Waals surface area (Å²) in [6, 6.07) is 20.8. The molecule has 29 heavy (non-hydrogen) atoms. The molecule has 0 aromatic heterocycles. The van der Waals surface area contributed by atoms with E-state index in [1.54, 1.807) is 12.1 Å². The van der Waals surface area contributed by atoms with E-state index in [-0.39, 0.29) is 12.4 Å². The minimum atomic E-state index is -0.380. The quantitative estimate of drug-likeness (QED) is 0.427. The molecular weight excluding hydrogens is 389 g/mol. The summed E-state index contributed by atoms with van der Waals surface area (Å²) in [6.45, 7) is 4.09. The third-order valence-corrected chi connectivity index (χ3v) is 4.86. The van der Waals surface area contributed by atoms with E-state index in [0.717, 1.165) is 25.1 Å². The maximum absolute atomic E-state index is 14.0. The fraction of sp³-hybridized carbons (Fsp3) is 0.250. The third-order valence-electron chi connectivity index (χ3n) is 4.50. The molecule has 1 N–H and O–H groups in total. The zero-order valence-corrected chi connectivity index (χ0v) is 17.2. The summed E-state index contributed by atoms with van der Waals surface area (Å²) in [7, 11) is 0. The van der Waals surface area contributed by atoms with Gasteiger partial charge in [-0.15, -0.1) is 0 Å². The van der Waals surface area contributed by atoms with Gasteiger partial charge in [-0.3, -0.25) is 0 Å². The molecule has 0 aliphatic carbocycles. The van der Waals surface area contributed by atoms with Crippen LogP contribution in [-0.2, 0) is 19.6 Å². The summed E-state index contributed by atoms with van der Waals surface area (Å²) in [4.78, 5) is 0. The van der Waals surface area contributed by atoms with Crippen molar-refractivity contribution in [3.63, 3.8) is 0 Å². The second kappa shape index (κ2) is 10.8. The molecule has 3 nitrogen and oxygen atoms in total. The van der Waals surface area contributed by atoms with E-state index in [1.165, 1.54) is 11.6 Å². The molecule has 0 aliphatic rings. The van der Waals surface area contributed by atoms with Crippen LogP contribution in [0.2, 0.25) is 5.02 Å². The summed E-state index contributed by atoms with van der Waals surface area (Å²) in [5.41, 5.74) is 2.74. The Morgan fingerprint density at radius 1 is 0.897 bits per heavy atom. The van der Waals surface area contributed by atoms with Crippen LogP contribution in [0.4, 0.5) is 4.39 Å². The van der Waals surface area contributed by atoms with Gasteiger partial charge >= 0.3 is 0 Å². The van der Waals surface area contributed by atoms with Gasteiger partial charge in [0.15, 0.2) is 11.5 Å². The Labute approximate surface area is 176 Å². The van der Waals surface area contributed by atoms with Crippen LogP contribution in [0.5, 0.6) is 11.5 Å². The van der Waals surface area contributed by atoms with Crippen LogP contribution in [0, 0.1) is 5.82 Å². The molecule has 152 valence electrons. The summed E-state index contributed by atoms with van der Waals surface area (Å²) in [6.07, 6.45) is 0.976. The van der Waals surface area contributed by atoms with Gasteiger partial charge in [0.1, 0.15) is 12.4 Å². The highest BCUT2D eigenvalue weighted by Gasteiger charge is 2.11. The highest BCUT2D eigenvalue weighted by molar-refractivity contribution is 6.31. The number of halogens is 2. The van der Waals surface area contributed by atoms with Gasteiger partial charge in [0.05, 0.1) is 11.6 Å². The Balaban J connectivity index is 1.59. The minimum Gasteiger partial charge on any atom is -0.490 e. The molecule has 0 atom stereocenters. The Morgan fingerprint density at radius 2 is 1.72 bits per heavy atom. The zero-order valence-electron chi connectivity index (χ0n) is 16.5. The topological polar surface area (TPSA) is 30.5 Å². The van der Waals surface area contributed by atoms with Crippen molar-refractivity contribution in [3.8, 4) is 11.5 Å². The molecule has 0 fully saturated rings. The number of benzene rings is 3. The lowest BCUT2D eigenvalue weighted by Gasteiger charge is -2.14. The molecule has 5 heteroatoms. The standard InChI is InChI=1S/C24H25ClFNO2/c1-2-28-24-15-19(16-27-14-13-18-7-4-3-5-8-18)11-12-23(24)29-17-20-21(25)9-6-10-22(20)26/h3-12,15,27H,2,13-14,16-17H2,1H3. The van der Waals surface area contributed by atoms with Gasteiger partial charge in [-0.05, 0) is 55.3 Å². The van der Waals surface area contributed by atoms with E-state index in [2.05, 4.69) is 29.6 Å². The first-order valence-corrected chi connectivity index (χ1v) is 10.1. The summed E-state index contributed by atoms with van der Waals surface area (Å²) < 4.78 is 25.5. The molecule has 3 aromatic rings. The molecular formula is C24H25ClFNO2. The summed E-state index contributed by atoms with van der Waals surface area (Å²) >= 11 is 6.08. The van der Waals surface area contributed by atoms with E-state index in [1.807, 2.05) is 31.2 Å². The lowest BCUT2D eigenvalue weighted by atomic mass is 10.1. The number of rotatable bonds is 10.